The molecule has 0 unspecified atom stereocenters. The molecular formula is C19H13FN4O. The fourth-order valence-electron chi connectivity index (χ4n) is 3.09. The molecular weight excluding hydrogens is 319 g/mol. The van der Waals surface area contributed by atoms with Gasteiger partial charge < -0.3 is 5.32 Å². The van der Waals surface area contributed by atoms with Gasteiger partial charge in [-0.2, -0.15) is 5.26 Å². The number of fused-ring (bicyclic) bond motifs is 1. The minimum absolute atomic E-state index is 0.125. The Morgan fingerprint density at radius 3 is 2.76 bits per heavy atom. The van der Waals surface area contributed by atoms with Gasteiger partial charge in [0.1, 0.15) is 18.0 Å². The highest BCUT2D eigenvalue weighted by molar-refractivity contribution is 5.94. The van der Waals surface area contributed by atoms with E-state index in [-0.39, 0.29) is 24.1 Å². The third kappa shape index (κ3) is 2.66. The maximum absolute atomic E-state index is 13.5. The number of amides is 1. The fourth-order valence-corrected chi connectivity index (χ4v) is 3.09. The number of hydrogen-bond donors (Lipinski definition) is 1. The van der Waals surface area contributed by atoms with Gasteiger partial charge in [-0.25, -0.2) is 9.37 Å². The van der Waals surface area contributed by atoms with Crippen molar-refractivity contribution < 1.29 is 9.18 Å². The van der Waals surface area contributed by atoms with E-state index in [1.807, 2.05) is 12.1 Å². The Labute approximate surface area is 143 Å². The number of imidazole rings is 1. The Morgan fingerprint density at radius 2 is 2.04 bits per heavy atom. The highest BCUT2D eigenvalue weighted by Gasteiger charge is 2.30. The lowest BCUT2D eigenvalue weighted by Crippen LogP contribution is -2.24. The molecule has 0 spiro atoms. The molecule has 0 bridgehead atoms. The Kier molecular flexibility index (Phi) is 3.55. The maximum Gasteiger partial charge on any atom is 0.226 e. The Bertz CT molecular complexity index is 1000. The number of anilines is 1. The topological polar surface area (TPSA) is 70.7 Å². The zero-order chi connectivity index (χ0) is 17.4. The Morgan fingerprint density at radius 1 is 1.24 bits per heavy atom. The zero-order valence-electron chi connectivity index (χ0n) is 13.1. The molecule has 1 aliphatic heterocycles. The first-order valence-electron chi connectivity index (χ1n) is 7.79. The number of hydrogen-bond acceptors (Lipinski definition) is 3. The molecule has 122 valence electrons. The molecule has 0 saturated carbocycles. The molecule has 3 aromatic rings. The maximum atomic E-state index is 13.5. The summed E-state index contributed by atoms with van der Waals surface area (Å²) in [7, 11) is 0. The molecule has 4 rings (SSSR count). The summed E-state index contributed by atoms with van der Waals surface area (Å²) in [5, 5.41) is 11.8. The number of nitrogens with one attached hydrogen (secondary N) is 1. The molecule has 0 fully saturated rings. The molecule has 1 amide bonds. The van der Waals surface area contributed by atoms with Gasteiger partial charge in [0.05, 0.1) is 23.0 Å². The summed E-state index contributed by atoms with van der Waals surface area (Å²) in [5.41, 5.74) is 2.80. The summed E-state index contributed by atoms with van der Waals surface area (Å²) in [5.74, 6) is -0.131. The molecule has 2 heterocycles. The number of halogens is 1. The lowest BCUT2D eigenvalue weighted by Gasteiger charge is -2.23. The minimum Gasteiger partial charge on any atom is -0.310 e. The number of aromatic nitrogens is 2. The largest absolute Gasteiger partial charge is 0.310 e. The molecule has 1 aromatic heterocycles. The SMILES string of the molecule is N#Cc1ccc([C@H]2CC(=O)Nc3c2ncn3-c2cccc(F)c2)cc1. The average molecular weight is 332 g/mol. The summed E-state index contributed by atoms with van der Waals surface area (Å²) in [4.78, 5) is 16.7. The first kappa shape index (κ1) is 15.1. The van der Waals surface area contributed by atoms with Crippen molar-refractivity contribution in [3.05, 3.63) is 77.5 Å². The van der Waals surface area contributed by atoms with E-state index in [0.717, 1.165) is 11.3 Å². The average Bonchev–Trinajstić information content (AvgIpc) is 3.05. The molecule has 2 aromatic carbocycles. The molecule has 5 nitrogen and oxygen atoms in total. The van der Waals surface area contributed by atoms with Gasteiger partial charge in [-0.15, -0.1) is 0 Å². The van der Waals surface area contributed by atoms with Crippen molar-refractivity contribution in [2.45, 2.75) is 12.3 Å². The number of nitrogens with zero attached hydrogens (tertiary/aromatic N) is 3. The van der Waals surface area contributed by atoms with Crippen molar-refractivity contribution in [1.82, 2.24) is 9.55 Å². The van der Waals surface area contributed by atoms with Crippen LogP contribution in [0.3, 0.4) is 0 Å². The van der Waals surface area contributed by atoms with E-state index in [1.165, 1.54) is 12.1 Å². The summed E-state index contributed by atoms with van der Waals surface area (Å²) >= 11 is 0. The van der Waals surface area contributed by atoms with Gasteiger partial charge in [-0.05, 0) is 35.9 Å². The zero-order valence-corrected chi connectivity index (χ0v) is 13.1. The van der Waals surface area contributed by atoms with Crippen molar-refractivity contribution in [1.29, 1.82) is 5.26 Å². The molecule has 1 N–H and O–H groups in total. The smallest absolute Gasteiger partial charge is 0.226 e. The second-order valence-electron chi connectivity index (χ2n) is 5.87. The lowest BCUT2D eigenvalue weighted by atomic mass is 9.89. The van der Waals surface area contributed by atoms with Crippen LogP contribution in [-0.4, -0.2) is 15.5 Å². The Balaban J connectivity index is 1.80. The van der Waals surface area contributed by atoms with E-state index in [9.17, 15) is 9.18 Å². The van der Waals surface area contributed by atoms with Crippen LogP contribution in [-0.2, 0) is 4.79 Å². The molecule has 0 saturated heterocycles. The van der Waals surface area contributed by atoms with Gasteiger partial charge in [0.15, 0.2) is 0 Å². The van der Waals surface area contributed by atoms with Crippen LogP contribution in [0, 0.1) is 17.1 Å². The number of benzene rings is 2. The number of carbonyl (C=O) groups excluding carboxylic acids is 1. The van der Waals surface area contributed by atoms with Gasteiger partial charge in [-0.1, -0.05) is 18.2 Å². The van der Waals surface area contributed by atoms with Gasteiger partial charge in [0.2, 0.25) is 5.91 Å². The summed E-state index contributed by atoms with van der Waals surface area (Å²) in [6, 6.07) is 15.3. The lowest BCUT2D eigenvalue weighted by molar-refractivity contribution is -0.116. The summed E-state index contributed by atoms with van der Waals surface area (Å²) in [6.07, 6.45) is 1.86. The van der Waals surface area contributed by atoms with E-state index in [1.54, 1.807) is 35.2 Å². The molecule has 1 aliphatic rings. The van der Waals surface area contributed by atoms with E-state index in [0.29, 0.717) is 17.1 Å². The summed E-state index contributed by atoms with van der Waals surface area (Å²) in [6.45, 7) is 0. The van der Waals surface area contributed by atoms with Crippen molar-refractivity contribution in [3.8, 4) is 11.8 Å². The van der Waals surface area contributed by atoms with Gasteiger partial charge in [0.25, 0.3) is 0 Å². The van der Waals surface area contributed by atoms with Gasteiger partial charge in [0, 0.05) is 12.3 Å². The first-order chi connectivity index (χ1) is 12.2. The van der Waals surface area contributed by atoms with Gasteiger partial charge in [-0.3, -0.25) is 9.36 Å². The quantitative estimate of drug-likeness (QED) is 0.782. The van der Waals surface area contributed by atoms with E-state index < -0.39 is 0 Å². The normalized spacial score (nSPS) is 16.0. The molecule has 0 aliphatic carbocycles. The van der Waals surface area contributed by atoms with Crippen LogP contribution in [0.25, 0.3) is 5.69 Å². The van der Waals surface area contributed by atoms with Crippen molar-refractivity contribution >= 4 is 11.7 Å². The molecule has 25 heavy (non-hydrogen) atoms. The highest BCUT2D eigenvalue weighted by Crippen LogP contribution is 2.37. The van der Waals surface area contributed by atoms with Crippen LogP contribution in [0.15, 0.2) is 54.9 Å². The molecule has 1 atom stereocenters. The number of rotatable bonds is 2. The number of nitriles is 1. The van der Waals surface area contributed by atoms with Gasteiger partial charge >= 0.3 is 0 Å². The van der Waals surface area contributed by atoms with Crippen molar-refractivity contribution in [2.24, 2.45) is 0 Å². The predicted molar refractivity (Wildman–Crippen MR) is 89.8 cm³/mol. The third-order valence-electron chi connectivity index (χ3n) is 4.30. The standard InChI is InChI=1S/C19H13FN4O/c20-14-2-1-3-15(8-14)24-11-22-18-16(9-17(25)23-19(18)24)13-6-4-12(10-21)5-7-13/h1-8,11,16H,9H2,(H,23,25)/t16-/m1/s1. The second kappa shape index (κ2) is 5.87. The summed E-state index contributed by atoms with van der Waals surface area (Å²) < 4.78 is 15.2. The molecule has 6 heteroatoms. The van der Waals surface area contributed by atoms with E-state index in [4.69, 9.17) is 5.26 Å². The van der Waals surface area contributed by atoms with E-state index >= 15 is 0 Å². The van der Waals surface area contributed by atoms with Crippen molar-refractivity contribution in [3.63, 3.8) is 0 Å². The Hall–Kier alpha value is -3.46. The third-order valence-corrected chi connectivity index (χ3v) is 4.30. The highest BCUT2D eigenvalue weighted by atomic mass is 19.1. The first-order valence-corrected chi connectivity index (χ1v) is 7.79. The number of carbonyl (C=O) groups is 1. The van der Waals surface area contributed by atoms with Crippen LogP contribution in [0.5, 0.6) is 0 Å². The molecule has 0 radical (unpaired) electrons. The van der Waals surface area contributed by atoms with Crippen LogP contribution in [0.1, 0.15) is 29.2 Å². The van der Waals surface area contributed by atoms with Crippen molar-refractivity contribution in [2.75, 3.05) is 5.32 Å². The van der Waals surface area contributed by atoms with Crippen LogP contribution in [0.2, 0.25) is 0 Å². The van der Waals surface area contributed by atoms with Crippen LogP contribution < -0.4 is 5.32 Å². The van der Waals surface area contributed by atoms with Crippen LogP contribution in [0.4, 0.5) is 10.2 Å². The monoisotopic (exact) mass is 332 g/mol. The van der Waals surface area contributed by atoms with E-state index in [2.05, 4.69) is 16.4 Å². The van der Waals surface area contributed by atoms with Crippen LogP contribution >= 0.6 is 0 Å². The minimum atomic E-state index is -0.356. The predicted octanol–water partition coefficient (Wildman–Crippen LogP) is 3.36. The second-order valence-corrected chi connectivity index (χ2v) is 5.87. The fraction of sp³-hybridized carbons (Fsp3) is 0.105.